The SMILES string of the molecule is Cn1c(CNC(=O)COc2cccc(C(C)(C)C)c2)n[nH]c1=S. The Balaban J connectivity index is 1.87. The van der Waals surface area contributed by atoms with Gasteiger partial charge in [-0.25, -0.2) is 0 Å². The Kier molecular flexibility index (Phi) is 5.20. The Morgan fingerprint density at radius 3 is 2.78 bits per heavy atom. The van der Waals surface area contributed by atoms with E-state index in [0.717, 1.165) is 5.56 Å². The summed E-state index contributed by atoms with van der Waals surface area (Å²) in [5, 5.41) is 9.46. The van der Waals surface area contributed by atoms with Gasteiger partial charge in [0.25, 0.3) is 5.91 Å². The lowest BCUT2D eigenvalue weighted by molar-refractivity contribution is -0.123. The fourth-order valence-electron chi connectivity index (χ4n) is 1.97. The Morgan fingerprint density at radius 1 is 1.43 bits per heavy atom. The summed E-state index contributed by atoms with van der Waals surface area (Å²) in [5.74, 6) is 1.14. The fraction of sp³-hybridized carbons (Fsp3) is 0.438. The van der Waals surface area contributed by atoms with E-state index in [1.807, 2.05) is 18.2 Å². The zero-order valence-corrected chi connectivity index (χ0v) is 14.7. The number of aromatic amines is 1. The summed E-state index contributed by atoms with van der Waals surface area (Å²) in [6, 6.07) is 7.80. The van der Waals surface area contributed by atoms with Crippen LogP contribution in [0.3, 0.4) is 0 Å². The molecule has 6 nitrogen and oxygen atoms in total. The van der Waals surface area contributed by atoms with Crippen molar-refractivity contribution in [3.63, 3.8) is 0 Å². The molecule has 1 amide bonds. The van der Waals surface area contributed by atoms with Crippen molar-refractivity contribution < 1.29 is 9.53 Å². The van der Waals surface area contributed by atoms with E-state index in [2.05, 4.69) is 42.4 Å². The van der Waals surface area contributed by atoms with Crippen LogP contribution >= 0.6 is 12.2 Å². The van der Waals surface area contributed by atoms with E-state index < -0.39 is 0 Å². The first-order chi connectivity index (χ1) is 10.8. The highest BCUT2D eigenvalue weighted by Gasteiger charge is 2.14. The lowest BCUT2D eigenvalue weighted by Gasteiger charge is -2.19. The molecule has 0 saturated heterocycles. The second-order valence-corrected chi connectivity index (χ2v) is 6.73. The Bertz CT molecular complexity index is 743. The molecule has 2 aromatic rings. The average molecular weight is 334 g/mol. The molecular weight excluding hydrogens is 312 g/mol. The minimum atomic E-state index is -0.208. The van der Waals surface area contributed by atoms with Crippen LogP contribution in [-0.4, -0.2) is 27.3 Å². The van der Waals surface area contributed by atoms with Gasteiger partial charge in [0.2, 0.25) is 0 Å². The quantitative estimate of drug-likeness (QED) is 0.824. The molecular formula is C16H22N4O2S. The molecule has 1 aromatic heterocycles. The van der Waals surface area contributed by atoms with Gasteiger partial charge in [0.1, 0.15) is 5.75 Å². The number of aromatic nitrogens is 3. The molecule has 2 N–H and O–H groups in total. The molecule has 0 bridgehead atoms. The van der Waals surface area contributed by atoms with Crippen LogP contribution in [0.25, 0.3) is 0 Å². The molecule has 0 atom stereocenters. The van der Waals surface area contributed by atoms with Gasteiger partial charge in [-0.1, -0.05) is 32.9 Å². The molecule has 0 aliphatic carbocycles. The maximum atomic E-state index is 11.9. The first kappa shape index (κ1) is 17.2. The van der Waals surface area contributed by atoms with E-state index in [0.29, 0.717) is 22.9 Å². The van der Waals surface area contributed by atoms with Crippen LogP contribution in [0, 0.1) is 4.77 Å². The molecule has 124 valence electrons. The molecule has 1 heterocycles. The molecule has 0 aliphatic heterocycles. The van der Waals surface area contributed by atoms with E-state index in [9.17, 15) is 4.79 Å². The minimum Gasteiger partial charge on any atom is -0.484 e. The summed E-state index contributed by atoms with van der Waals surface area (Å²) < 4.78 is 7.79. The molecule has 1 aromatic carbocycles. The van der Waals surface area contributed by atoms with E-state index in [4.69, 9.17) is 17.0 Å². The fourth-order valence-corrected chi connectivity index (χ4v) is 2.12. The number of amides is 1. The van der Waals surface area contributed by atoms with Gasteiger partial charge in [0.15, 0.2) is 17.2 Å². The summed E-state index contributed by atoms with van der Waals surface area (Å²) in [4.78, 5) is 11.9. The molecule has 0 unspecified atom stereocenters. The lowest BCUT2D eigenvalue weighted by atomic mass is 9.87. The third-order valence-corrected chi connectivity index (χ3v) is 3.85. The lowest BCUT2D eigenvalue weighted by Crippen LogP contribution is -2.29. The van der Waals surface area contributed by atoms with Crippen LogP contribution in [-0.2, 0) is 23.8 Å². The van der Waals surface area contributed by atoms with Crippen molar-refractivity contribution in [2.24, 2.45) is 7.05 Å². The number of ether oxygens (including phenoxy) is 1. The standard InChI is InChI=1S/C16H22N4O2S/c1-16(2,3)11-6-5-7-12(8-11)22-10-14(21)17-9-13-18-19-15(23)20(13)4/h5-8H,9-10H2,1-4H3,(H,17,21)(H,19,23). The van der Waals surface area contributed by atoms with Crippen molar-refractivity contribution in [3.8, 4) is 5.75 Å². The van der Waals surface area contributed by atoms with Crippen LogP contribution in [0.15, 0.2) is 24.3 Å². The molecule has 23 heavy (non-hydrogen) atoms. The maximum absolute atomic E-state index is 11.9. The molecule has 0 radical (unpaired) electrons. The summed E-state index contributed by atoms with van der Waals surface area (Å²) in [6.07, 6.45) is 0. The van der Waals surface area contributed by atoms with Crippen molar-refractivity contribution >= 4 is 18.1 Å². The van der Waals surface area contributed by atoms with Gasteiger partial charge in [-0.3, -0.25) is 9.89 Å². The number of hydrogen-bond acceptors (Lipinski definition) is 4. The van der Waals surface area contributed by atoms with Crippen molar-refractivity contribution in [1.82, 2.24) is 20.1 Å². The maximum Gasteiger partial charge on any atom is 0.258 e. The number of hydrogen-bond donors (Lipinski definition) is 2. The summed E-state index contributed by atoms with van der Waals surface area (Å²) in [7, 11) is 1.79. The largest absolute Gasteiger partial charge is 0.484 e. The summed E-state index contributed by atoms with van der Waals surface area (Å²) in [5.41, 5.74) is 1.20. The van der Waals surface area contributed by atoms with Gasteiger partial charge in [-0.05, 0) is 35.3 Å². The first-order valence-electron chi connectivity index (χ1n) is 7.37. The summed E-state index contributed by atoms with van der Waals surface area (Å²) >= 11 is 5.02. The zero-order chi connectivity index (χ0) is 17.0. The first-order valence-corrected chi connectivity index (χ1v) is 7.78. The van der Waals surface area contributed by atoms with E-state index in [1.54, 1.807) is 11.6 Å². The van der Waals surface area contributed by atoms with Crippen molar-refractivity contribution in [3.05, 3.63) is 40.4 Å². The van der Waals surface area contributed by atoms with Crippen molar-refractivity contribution in [2.45, 2.75) is 32.7 Å². The predicted octanol–water partition coefficient (Wildman–Crippen LogP) is 2.47. The molecule has 0 fully saturated rings. The van der Waals surface area contributed by atoms with Crippen LogP contribution < -0.4 is 10.1 Å². The van der Waals surface area contributed by atoms with Gasteiger partial charge in [-0.2, -0.15) is 5.10 Å². The Labute approximate surface area is 140 Å². The van der Waals surface area contributed by atoms with E-state index >= 15 is 0 Å². The number of carbonyl (C=O) groups is 1. The number of H-pyrrole nitrogens is 1. The highest BCUT2D eigenvalue weighted by Crippen LogP contribution is 2.25. The smallest absolute Gasteiger partial charge is 0.258 e. The second kappa shape index (κ2) is 6.95. The summed E-state index contributed by atoms with van der Waals surface area (Å²) in [6.45, 7) is 6.67. The highest BCUT2D eigenvalue weighted by molar-refractivity contribution is 7.71. The molecule has 0 aliphatic rings. The third-order valence-electron chi connectivity index (χ3n) is 3.49. The third kappa shape index (κ3) is 4.66. The van der Waals surface area contributed by atoms with Gasteiger partial charge < -0.3 is 14.6 Å². The van der Waals surface area contributed by atoms with Crippen LogP contribution in [0.2, 0.25) is 0 Å². The molecule has 7 heteroatoms. The number of nitrogens with one attached hydrogen (secondary N) is 2. The zero-order valence-electron chi connectivity index (χ0n) is 13.8. The van der Waals surface area contributed by atoms with Gasteiger partial charge in [0, 0.05) is 7.05 Å². The van der Waals surface area contributed by atoms with Gasteiger partial charge in [0.05, 0.1) is 6.54 Å². The van der Waals surface area contributed by atoms with E-state index in [1.165, 1.54) is 0 Å². The van der Waals surface area contributed by atoms with E-state index in [-0.39, 0.29) is 17.9 Å². The normalized spacial score (nSPS) is 11.3. The van der Waals surface area contributed by atoms with Gasteiger partial charge in [-0.15, -0.1) is 0 Å². The van der Waals surface area contributed by atoms with Crippen molar-refractivity contribution in [1.29, 1.82) is 0 Å². The Morgan fingerprint density at radius 2 is 2.17 bits per heavy atom. The monoisotopic (exact) mass is 334 g/mol. The topological polar surface area (TPSA) is 71.9 Å². The average Bonchev–Trinajstić information content (AvgIpc) is 2.82. The number of carbonyl (C=O) groups excluding carboxylic acids is 1. The van der Waals surface area contributed by atoms with Gasteiger partial charge >= 0.3 is 0 Å². The number of rotatable bonds is 5. The molecule has 0 saturated carbocycles. The van der Waals surface area contributed by atoms with Crippen LogP contribution in [0.4, 0.5) is 0 Å². The highest BCUT2D eigenvalue weighted by atomic mass is 32.1. The van der Waals surface area contributed by atoms with Crippen LogP contribution in [0.5, 0.6) is 5.75 Å². The number of nitrogens with zero attached hydrogens (tertiary/aromatic N) is 2. The minimum absolute atomic E-state index is 0.0392. The van der Waals surface area contributed by atoms with Crippen LogP contribution in [0.1, 0.15) is 32.2 Å². The second-order valence-electron chi connectivity index (χ2n) is 6.35. The number of benzene rings is 1. The predicted molar refractivity (Wildman–Crippen MR) is 90.9 cm³/mol. The van der Waals surface area contributed by atoms with Crippen molar-refractivity contribution in [2.75, 3.05) is 6.61 Å². The molecule has 2 rings (SSSR count). The Hall–Kier alpha value is -2.15. The molecule has 0 spiro atoms.